The molecule has 1 fully saturated rings. The van der Waals surface area contributed by atoms with E-state index >= 15 is 0 Å². The molecule has 0 amide bonds. The molecule has 12 heavy (non-hydrogen) atoms. The van der Waals surface area contributed by atoms with Gasteiger partial charge in [0.15, 0.2) is 0 Å². The van der Waals surface area contributed by atoms with Crippen molar-refractivity contribution in [1.29, 1.82) is 0 Å². The molecule has 2 N–H and O–H groups in total. The first kappa shape index (κ1) is 7.86. The SMILES string of the molecule is COCC1(C2CC2)COC(N)=N1. The highest BCUT2D eigenvalue weighted by Crippen LogP contribution is 2.44. The van der Waals surface area contributed by atoms with E-state index < -0.39 is 0 Å². The van der Waals surface area contributed by atoms with Gasteiger partial charge in [-0.3, -0.25) is 0 Å². The van der Waals surface area contributed by atoms with E-state index in [-0.39, 0.29) is 5.54 Å². The van der Waals surface area contributed by atoms with Crippen molar-refractivity contribution in [2.45, 2.75) is 18.4 Å². The molecule has 1 atom stereocenters. The van der Waals surface area contributed by atoms with Crippen LogP contribution in [0.4, 0.5) is 0 Å². The van der Waals surface area contributed by atoms with Gasteiger partial charge in [-0.2, -0.15) is 0 Å². The number of hydrogen-bond acceptors (Lipinski definition) is 4. The van der Waals surface area contributed by atoms with E-state index in [4.69, 9.17) is 15.2 Å². The summed E-state index contributed by atoms with van der Waals surface area (Å²) in [4.78, 5) is 4.32. The zero-order chi connectivity index (χ0) is 8.60. The van der Waals surface area contributed by atoms with Crippen LogP contribution in [0, 0.1) is 5.92 Å². The van der Waals surface area contributed by atoms with Gasteiger partial charge in [-0.25, -0.2) is 4.99 Å². The van der Waals surface area contributed by atoms with Crippen molar-refractivity contribution in [1.82, 2.24) is 0 Å². The molecular formula is C8H14N2O2. The lowest BCUT2D eigenvalue weighted by atomic mass is 9.97. The molecule has 68 valence electrons. The Morgan fingerprint density at radius 2 is 2.50 bits per heavy atom. The molecule has 1 saturated carbocycles. The summed E-state index contributed by atoms with van der Waals surface area (Å²) in [6.07, 6.45) is 2.45. The first-order valence-electron chi connectivity index (χ1n) is 4.24. The van der Waals surface area contributed by atoms with E-state index in [1.165, 1.54) is 12.8 Å². The van der Waals surface area contributed by atoms with Gasteiger partial charge >= 0.3 is 0 Å². The number of rotatable bonds is 3. The normalized spacial score (nSPS) is 34.6. The average Bonchev–Trinajstić information content (AvgIpc) is 2.80. The summed E-state index contributed by atoms with van der Waals surface area (Å²) in [5, 5.41) is 0. The first-order chi connectivity index (χ1) is 5.77. The lowest BCUT2D eigenvalue weighted by molar-refractivity contribution is 0.0990. The molecule has 2 rings (SSSR count). The molecule has 0 spiro atoms. The van der Waals surface area contributed by atoms with Crippen molar-refractivity contribution in [2.75, 3.05) is 20.3 Å². The molecule has 1 unspecified atom stereocenters. The Kier molecular flexibility index (Phi) is 1.72. The Balaban J connectivity index is 2.11. The summed E-state index contributed by atoms with van der Waals surface area (Å²) in [5.41, 5.74) is 5.32. The number of nitrogens with two attached hydrogens (primary N) is 1. The highest BCUT2D eigenvalue weighted by molar-refractivity contribution is 5.73. The summed E-state index contributed by atoms with van der Waals surface area (Å²) in [6, 6.07) is 0.318. The van der Waals surface area contributed by atoms with Gasteiger partial charge in [-0.1, -0.05) is 0 Å². The van der Waals surface area contributed by atoms with Gasteiger partial charge in [0.05, 0.1) is 6.61 Å². The summed E-state index contributed by atoms with van der Waals surface area (Å²) < 4.78 is 10.3. The fourth-order valence-corrected chi connectivity index (χ4v) is 1.75. The summed E-state index contributed by atoms with van der Waals surface area (Å²) >= 11 is 0. The van der Waals surface area contributed by atoms with Crippen molar-refractivity contribution in [3.05, 3.63) is 0 Å². The highest BCUT2D eigenvalue weighted by atomic mass is 16.5. The molecule has 2 aliphatic rings. The topological polar surface area (TPSA) is 56.8 Å². The van der Waals surface area contributed by atoms with Crippen LogP contribution in [-0.2, 0) is 9.47 Å². The third kappa shape index (κ3) is 1.16. The van der Waals surface area contributed by atoms with Crippen LogP contribution in [0.2, 0.25) is 0 Å². The fourth-order valence-electron chi connectivity index (χ4n) is 1.75. The highest BCUT2D eigenvalue weighted by Gasteiger charge is 2.49. The molecule has 4 heteroatoms. The van der Waals surface area contributed by atoms with Crippen LogP contribution in [0.1, 0.15) is 12.8 Å². The van der Waals surface area contributed by atoms with Crippen molar-refractivity contribution in [2.24, 2.45) is 16.6 Å². The Labute approximate surface area is 71.7 Å². The van der Waals surface area contributed by atoms with Gasteiger partial charge in [-0.15, -0.1) is 0 Å². The van der Waals surface area contributed by atoms with Crippen molar-refractivity contribution in [3.8, 4) is 0 Å². The Morgan fingerprint density at radius 3 is 2.92 bits per heavy atom. The molecule has 1 heterocycles. The maximum atomic E-state index is 5.48. The van der Waals surface area contributed by atoms with Crippen molar-refractivity contribution < 1.29 is 9.47 Å². The van der Waals surface area contributed by atoms with Crippen molar-refractivity contribution >= 4 is 6.02 Å². The van der Waals surface area contributed by atoms with E-state index in [0.717, 1.165) is 0 Å². The Bertz CT molecular complexity index is 213. The van der Waals surface area contributed by atoms with Gasteiger partial charge in [0.25, 0.3) is 6.02 Å². The minimum atomic E-state index is -0.154. The quantitative estimate of drug-likeness (QED) is 0.654. The standard InChI is InChI=1S/C8H14N2O2/c1-11-4-8(6-2-3-6)5-12-7(9)10-8/h6H,2-5H2,1H3,(H2,9,10). The number of methoxy groups -OCH3 is 1. The maximum Gasteiger partial charge on any atom is 0.282 e. The molecule has 1 aliphatic heterocycles. The molecule has 1 aliphatic carbocycles. The van der Waals surface area contributed by atoms with E-state index in [0.29, 0.717) is 25.2 Å². The number of ether oxygens (including phenoxy) is 2. The zero-order valence-electron chi connectivity index (χ0n) is 7.25. The third-order valence-corrected chi connectivity index (χ3v) is 2.53. The smallest absolute Gasteiger partial charge is 0.282 e. The van der Waals surface area contributed by atoms with Gasteiger partial charge < -0.3 is 15.2 Å². The predicted octanol–water partition coefficient (Wildman–Crippen LogP) is 0.127. The van der Waals surface area contributed by atoms with Crippen LogP contribution >= 0.6 is 0 Å². The second kappa shape index (κ2) is 2.62. The number of hydrogen-bond donors (Lipinski definition) is 1. The lowest BCUT2D eigenvalue weighted by Gasteiger charge is -2.21. The monoisotopic (exact) mass is 170 g/mol. The number of aliphatic imine (C=N–C) groups is 1. The van der Waals surface area contributed by atoms with E-state index in [9.17, 15) is 0 Å². The largest absolute Gasteiger partial charge is 0.463 e. The van der Waals surface area contributed by atoms with E-state index in [1.54, 1.807) is 7.11 Å². The van der Waals surface area contributed by atoms with Gasteiger partial charge in [0.1, 0.15) is 12.1 Å². The molecule has 0 bridgehead atoms. The van der Waals surface area contributed by atoms with Crippen LogP contribution in [0.15, 0.2) is 4.99 Å². The summed E-state index contributed by atoms with van der Waals surface area (Å²) in [6.45, 7) is 1.22. The number of amidine groups is 1. The van der Waals surface area contributed by atoms with Gasteiger partial charge in [-0.05, 0) is 18.8 Å². The summed E-state index contributed by atoms with van der Waals surface area (Å²) in [5.74, 6) is 0.624. The summed E-state index contributed by atoms with van der Waals surface area (Å²) in [7, 11) is 1.69. The molecule has 0 aromatic heterocycles. The second-order valence-corrected chi connectivity index (χ2v) is 3.55. The average molecular weight is 170 g/mol. The van der Waals surface area contributed by atoms with Crippen LogP contribution < -0.4 is 5.73 Å². The molecule has 0 aromatic rings. The Morgan fingerprint density at radius 1 is 1.75 bits per heavy atom. The van der Waals surface area contributed by atoms with Crippen LogP contribution in [-0.4, -0.2) is 31.9 Å². The molecule has 4 nitrogen and oxygen atoms in total. The van der Waals surface area contributed by atoms with E-state index in [1.807, 2.05) is 0 Å². The van der Waals surface area contributed by atoms with Gasteiger partial charge in [0.2, 0.25) is 0 Å². The first-order valence-corrected chi connectivity index (χ1v) is 4.24. The maximum absolute atomic E-state index is 5.48. The predicted molar refractivity (Wildman–Crippen MR) is 44.9 cm³/mol. The molecule has 0 aromatic carbocycles. The lowest BCUT2D eigenvalue weighted by Crippen LogP contribution is -2.36. The Hall–Kier alpha value is -0.770. The van der Waals surface area contributed by atoms with Crippen molar-refractivity contribution in [3.63, 3.8) is 0 Å². The van der Waals surface area contributed by atoms with Crippen LogP contribution in [0.25, 0.3) is 0 Å². The minimum absolute atomic E-state index is 0.154. The fraction of sp³-hybridized carbons (Fsp3) is 0.875. The zero-order valence-corrected chi connectivity index (χ0v) is 7.25. The molecular weight excluding hydrogens is 156 g/mol. The third-order valence-electron chi connectivity index (χ3n) is 2.53. The van der Waals surface area contributed by atoms with Gasteiger partial charge in [0, 0.05) is 7.11 Å². The van der Waals surface area contributed by atoms with Crippen LogP contribution in [0.5, 0.6) is 0 Å². The second-order valence-electron chi connectivity index (χ2n) is 3.55. The minimum Gasteiger partial charge on any atom is -0.463 e. The van der Waals surface area contributed by atoms with Crippen LogP contribution in [0.3, 0.4) is 0 Å². The van der Waals surface area contributed by atoms with E-state index in [2.05, 4.69) is 4.99 Å². The number of nitrogens with zero attached hydrogens (tertiary/aromatic N) is 1. The molecule has 0 saturated heterocycles. The molecule has 0 radical (unpaired) electrons.